The Balaban J connectivity index is 0.00000320. The molecular formula is C23H30N4OS2. The predicted octanol–water partition coefficient (Wildman–Crippen LogP) is 5.17. The Morgan fingerprint density at radius 2 is 1.93 bits per heavy atom. The number of benzene rings is 1. The van der Waals surface area contributed by atoms with Crippen LogP contribution < -0.4 is 10.1 Å². The van der Waals surface area contributed by atoms with Crippen molar-refractivity contribution in [2.45, 2.75) is 25.7 Å². The largest absolute Gasteiger partial charge is 0.496 e. The SMILES string of the molecule is COc1ccccc1[C@H](C)CNc1cc(-c2ccnc(CCCSC)c2)ncn1.S. The van der Waals surface area contributed by atoms with E-state index in [4.69, 9.17) is 4.74 Å². The minimum Gasteiger partial charge on any atom is -0.496 e. The van der Waals surface area contributed by atoms with Gasteiger partial charge < -0.3 is 10.1 Å². The maximum absolute atomic E-state index is 5.48. The van der Waals surface area contributed by atoms with Crippen LogP contribution in [-0.4, -0.2) is 40.6 Å². The molecule has 0 aliphatic heterocycles. The van der Waals surface area contributed by atoms with Crippen LogP contribution in [0.1, 0.15) is 30.5 Å². The van der Waals surface area contributed by atoms with Crippen LogP contribution in [0.25, 0.3) is 11.3 Å². The summed E-state index contributed by atoms with van der Waals surface area (Å²) in [5, 5.41) is 3.44. The highest BCUT2D eigenvalue weighted by molar-refractivity contribution is 7.98. The lowest BCUT2D eigenvalue weighted by Crippen LogP contribution is -2.12. The molecule has 0 saturated heterocycles. The number of pyridine rings is 1. The Bertz CT molecular complexity index is 923. The fourth-order valence-electron chi connectivity index (χ4n) is 3.22. The Hall–Kier alpha value is -2.25. The van der Waals surface area contributed by atoms with E-state index in [1.165, 1.54) is 5.56 Å². The second-order valence-electron chi connectivity index (χ2n) is 6.94. The van der Waals surface area contributed by atoms with Gasteiger partial charge >= 0.3 is 0 Å². The van der Waals surface area contributed by atoms with Gasteiger partial charge in [0.1, 0.15) is 17.9 Å². The molecule has 3 aromatic rings. The summed E-state index contributed by atoms with van der Waals surface area (Å²) < 4.78 is 5.48. The molecule has 5 nitrogen and oxygen atoms in total. The molecule has 3 rings (SSSR count). The Morgan fingerprint density at radius 3 is 2.73 bits per heavy atom. The molecule has 0 aliphatic carbocycles. The van der Waals surface area contributed by atoms with E-state index in [2.05, 4.69) is 45.6 Å². The van der Waals surface area contributed by atoms with Crippen LogP contribution in [0.5, 0.6) is 5.75 Å². The monoisotopic (exact) mass is 442 g/mol. The first-order valence-corrected chi connectivity index (χ1v) is 11.2. The number of methoxy groups -OCH3 is 1. The molecule has 1 N–H and O–H groups in total. The zero-order chi connectivity index (χ0) is 20.5. The average molecular weight is 443 g/mol. The molecule has 0 unspecified atom stereocenters. The molecule has 2 aromatic heterocycles. The minimum absolute atomic E-state index is 0. The van der Waals surface area contributed by atoms with Crippen molar-refractivity contribution in [3.05, 3.63) is 66.2 Å². The number of ether oxygens (including phenoxy) is 1. The number of aryl methyl sites for hydroxylation is 1. The molecule has 30 heavy (non-hydrogen) atoms. The highest BCUT2D eigenvalue weighted by Crippen LogP contribution is 2.26. The van der Waals surface area contributed by atoms with Gasteiger partial charge in [-0.05, 0) is 48.6 Å². The summed E-state index contributed by atoms with van der Waals surface area (Å²) in [5.74, 6) is 3.17. The van der Waals surface area contributed by atoms with E-state index >= 15 is 0 Å². The third kappa shape index (κ3) is 6.64. The van der Waals surface area contributed by atoms with E-state index < -0.39 is 0 Å². The molecule has 1 aromatic carbocycles. The van der Waals surface area contributed by atoms with Crippen LogP contribution in [0.3, 0.4) is 0 Å². The quantitative estimate of drug-likeness (QED) is 0.437. The highest BCUT2D eigenvalue weighted by Gasteiger charge is 2.11. The molecule has 1 atom stereocenters. The maximum atomic E-state index is 5.48. The van der Waals surface area contributed by atoms with Crippen molar-refractivity contribution >= 4 is 31.1 Å². The molecule has 0 saturated carbocycles. The van der Waals surface area contributed by atoms with E-state index in [1.54, 1.807) is 13.4 Å². The molecule has 160 valence electrons. The molecular weight excluding hydrogens is 412 g/mol. The van der Waals surface area contributed by atoms with Crippen LogP contribution in [0.2, 0.25) is 0 Å². The average Bonchev–Trinajstić information content (AvgIpc) is 2.78. The second kappa shape index (κ2) is 12.4. The van der Waals surface area contributed by atoms with Crippen LogP contribution in [0.4, 0.5) is 5.82 Å². The van der Waals surface area contributed by atoms with Crippen LogP contribution in [0.15, 0.2) is 55.0 Å². The zero-order valence-corrected chi connectivity index (χ0v) is 19.6. The standard InChI is InChI=1S/C23H28N4OS.H2S/c1-17(20-8-4-5-9-22(20)28-2)15-25-23-14-21(26-16-27-23)18-10-11-24-19(13-18)7-6-12-29-3;/h4-5,8-11,13-14,16-17H,6-7,12,15H2,1-3H3,(H,25,26,27);1H2/t17-;/m1./s1. The summed E-state index contributed by atoms with van der Waals surface area (Å²) >= 11 is 1.87. The van der Waals surface area contributed by atoms with Gasteiger partial charge in [0.2, 0.25) is 0 Å². The van der Waals surface area contributed by atoms with Gasteiger partial charge in [0.25, 0.3) is 0 Å². The van der Waals surface area contributed by atoms with E-state index in [1.807, 2.05) is 48.3 Å². The third-order valence-corrected chi connectivity index (χ3v) is 5.52. The highest BCUT2D eigenvalue weighted by atomic mass is 32.2. The van der Waals surface area contributed by atoms with Gasteiger partial charge in [-0.15, -0.1) is 0 Å². The van der Waals surface area contributed by atoms with Gasteiger partial charge in [-0.2, -0.15) is 25.3 Å². The van der Waals surface area contributed by atoms with Crippen molar-refractivity contribution in [3.8, 4) is 17.0 Å². The molecule has 7 heteroatoms. The van der Waals surface area contributed by atoms with Crippen LogP contribution in [-0.2, 0) is 6.42 Å². The summed E-state index contributed by atoms with van der Waals surface area (Å²) in [6.07, 6.45) is 7.73. The summed E-state index contributed by atoms with van der Waals surface area (Å²) in [6.45, 7) is 2.93. The van der Waals surface area contributed by atoms with Gasteiger partial charge in [-0.25, -0.2) is 9.97 Å². The lowest BCUT2D eigenvalue weighted by Gasteiger charge is -2.16. The zero-order valence-electron chi connectivity index (χ0n) is 17.8. The van der Waals surface area contributed by atoms with Gasteiger partial charge in [-0.3, -0.25) is 4.98 Å². The Morgan fingerprint density at radius 1 is 1.10 bits per heavy atom. The number of rotatable bonds is 10. The first-order valence-electron chi connectivity index (χ1n) is 9.84. The number of hydrogen-bond acceptors (Lipinski definition) is 6. The lowest BCUT2D eigenvalue weighted by atomic mass is 10.00. The van der Waals surface area contributed by atoms with Gasteiger partial charge in [0, 0.05) is 36.0 Å². The summed E-state index contributed by atoms with van der Waals surface area (Å²) in [5.41, 5.74) is 4.26. The van der Waals surface area contributed by atoms with Crippen LogP contribution >= 0.6 is 25.3 Å². The predicted molar refractivity (Wildman–Crippen MR) is 132 cm³/mol. The van der Waals surface area contributed by atoms with Gasteiger partial charge in [0.15, 0.2) is 0 Å². The van der Waals surface area contributed by atoms with E-state index in [0.29, 0.717) is 0 Å². The summed E-state index contributed by atoms with van der Waals surface area (Å²) in [7, 11) is 1.71. The molecule has 0 amide bonds. The van der Waals surface area contributed by atoms with Crippen molar-refractivity contribution in [2.24, 2.45) is 0 Å². The topological polar surface area (TPSA) is 59.9 Å². The van der Waals surface area contributed by atoms with Crippen molar-refractivity contribution in [1.82, 2.24) is 15.0 Å². The number of nitrogens with zero attached hydrogens (tertiary/aromatic N) is 3. The second-order valence-corrected chi connectivity index (χ2v) is 7.93. The number of thioether (sulfide) groups is 1. The van der Waals surface area contributed by atoms with Gasteiger partial charge in [0.05, 0.1) is 12.8 Å². The number of para-hydroxylation sites is 1. The Kier molecular flexibility index (Phi) is 9.97. The minimum atomic E-state index is 0. The summed E-state index contributed by atoms with van der Waals surface area (Å²) in [4.78, 5) is 13.3. The first-order chi connectivity index (χ1) is 14.2. The number of nitrogens with one attached hydrogen (secondary N) is 1. The molecule has 0 spiro atoms. The summed E-state index contributed by atoms with van der Waals surface area (Å²) in [6, 6.07) is 14.3. The van der Waals surface area contributed by atoms with Crippen molar-refractivity contribution in [2.75, 3.05) is 31.0 Å². The molecule has 0 radical (unpaired) electrons. The number of anilines is 1. The van der Waals surface area contributed by atoms with Gasteiger partial charge in [-0.1, -0.05) is 25.1 Å². The van der Waals surface area contributed by atoms with Crippen molar-refractivity contribution in [1.29, 1.82) is 0 Å². The van der Waals surface area contributed by atoms with Crippen molar-refractivity contribution < 1.29 is 4.74 Å². The first kappa shape index (κ1) is 24.0. The molecule has 2 heterocycles. The molecule has 0 bridgehead atoms. The smallest absolute Gasteiger partial charge is 0.129 e. The Labute approximate surface area is 190 Å². The normalized spacial score (nSPS) is 11.4. The molecule has 0 fully saturated rings. The lowest BCUT2D eigenvalue weighted by molar-refractivity contribution is 0.407. The molecule has 0 aliphatic rings. The van der Waals surface area contributed by atoms with E-state index in [0.717, 1.165) is 53.7 Å². The fraction of sp³-hybridized carbons (Fsp3) is 0.348. The third-order valence-electron chi connectivity index (χ3n) is 4.82. The van der Waals surface area contributed by atoms with Crippen molar-refractivity contribution in [3.63, 3.8) is 0 Å². The number of hydrogen-bond donors (Lipinski definition) is 1. The maximum Gasteiger partial charge on any atom is 0.129 e. The fourth-order valence-corrected chi connectivity index (χ4v) is 3.66. The van der Waals surface area contributed by atoms with E-state index in [-0.39, 0.29) is 19.4 Å². The number of aromatic nitrogens is 3. The van der Waals surface area contributed by atoms with E-state index in [9.17, 15) is 0 Å². The van der Waals surface area contributed by atoms with Crippen LogP contribution in [0, 0.1) is 0 Å².